The molecule has 0 aliphatic carbocycles. The molecule has 0 radical (unpaired) electrons. The van der Waals surface area contributed by atoms with Crippen molar-refractivity contribution in [3.8, 4) is 11.1 Å². The Morgan fingerprint density at radius 2 is 1.72 bits per heavy atom. The molecule has 0 heterocycles. The highest BCUT2D eigenvalue weighted by Gasteiger charge is 2.04. The molecule has 0 fully saturated rings. The van der Waals surface area contributed by atoms with Gasteiger partial charge in [-0.25, -0.2) is 0 Å². The van der Waals surface area contributed by atoms with Crippen molar-refractivity contribution in [2.24, 2.45) is 0 Å². The lowest BCUT2D eigenvalue weighted by Gasteiger charge is -2.07. The van der Waals surface area contributed by atoms with Crippen molar-refractivity contribution in [1.82, 2.24) is 0 Å². The van der Waals surface area contributed by atoms with Crippen LogP contribution in [0.1, 0.15) is 31.7 Å². The second kappa shape index (κ2) is 6.61. The lowest BCUT2D eigenvalue weighted by atomic mass is 10.0. The summed E-state index contributed by atoms with van der Waals surface area (Å²) in [7, 11) is 0. The van der Waals surface area contributed by atoms with E-state index in [4.69, 9.17) is 11.6 Å². The summed E-state index contributed by atoms with van der Waals surface area (Å²) < 4.78 is 0. The molecule has 0 bridgehead atoms. The predicted octanol–water partition coefficient (Wildman–Crippen LogP) is 5.74. The van der Waals surface area contributed by atoms with Gasteiger partial charge in [0.2, 0.25) is 0 Å². The topological polar surface area (TPSA) is 0 Å². The first-order chi connectivity index (χ1) is 8.81. The van der Waals surface area contributed by atoms with E-state index >= 15 is 0 Å². The summed E-state index contributed by atoms with van der Waals surface area (Å²) in [6.45, 7) is 2.23. The number of rotatable bonds is 5. The molecule has 2 rings (SSSR count). The molecule has 0 aromatic heterocycles. The fourth-order valence-corrected chi connectivity index (χ4v) is 2.46. The lowest BCUT2D eigenvalue weighted by molar-refractivity contribution is 0.717. The number of aryl methyl sites for hydroxylation is 1. The van der Waals surface area contributed by atoms with Crippen LogP contribution in [0.4, 0.5) is 0 Å². The van der Waals surface area contributed by atoms with Gasteiger partial charge in [-0.1, -0.05) is 73.8 Å². The maximum absolute atomic E-state index is 6.38. The number of hydrogen-bond donors (Lipinski definition) is 0. The monoisotopic (exact) mass is 258 g/mol. The summed E-state index contributed by atoms with van der Waals surface area (Å²) in [6.07, 6.45) is 4.92. The zero-order valence-corrected chi connectivity index (χ0v) is 11.6. The quantitative estimate of drug-likeness (QED) is 0.600. The molecular formula is C17H19Cl. The van der Waals surface area contributed by atoms with Crippen molar-refractivity contribution >= 4 is 11.6 Å². The predicted molar refractivity (Wildman–Crippen MR) is 80.1 cm³/mol. The van der Waals surface area contributed by atoms with Crippen molar-refractivity contribution in [3.05, 3.63) is 59.1 Å². The van der Waals surface area contributed by atoms with Crippen LogP contribution < -0.4 is 0 Å². The van der Waals surface area contributed by atoms with Crippen LogP contribution in [-0.4, -0.2) is 0 Å². The van der Waals surface area contributed by atoms with Gasteiger partial charge in [-0.05, 0) is 30.0 Å². The van der Waals surface area contributed by atoms with E-state index in [0.717, 1.165) is 17.0 Å². The van der Waals surface area contributed by atoms with Crippen LogP contribution in [0.15, 0.2) is 48.5 Å². The molecule has 0 saturated heterocycles. The Morgan fingerprint density at radius 1 is 0.944 bits per heavy atom. The molecule has 0 N–H and O–H groups in total. The molecule has 2 aromatic carbocycles. The van der Waals surface area contributed by atoms with Gasteiger partial charge < -0.3 is 0 Å². The van der Waals surface area contributed by atoms with E-state index in [-0.39, 0.29) is 0 Å². The molecule has 0 atom stereocenters. The maximum atomic E-state index is 6.38. The van der Waals surface area contributed by atoms with E-state index in [2.05, 4.69) is 37.3 Å². The minimum absolute atomic E-state index is 0.857. The SMILES string of the molecule is CCCCCc1ccc(-c2ccccc2)c(Cl)c1. The Bertz CT molecular complexity index is 488. The molecule has 0 saturated carbocycles. The third-order valence-corrected chi connectivity index (χ3v) is 3.50. The van der Waals surface area contributed by atoms with Gasteiger partial charge in [0.1, 0.15) is 0 Å². The Kier molecular flexibility index (Phi) is 4.83. The largest absolute Gasteiger partial charge is 0.0837 e. The third-order valence-electron chi connectivity index (χ3n) is 3.19. The molecular weight excluding hydrogens is 240 g/mol. The molecule has 94 valence electrons. The first kappa shape index (κ1) is 13.2. The second-order valence-electron chi connectivity index (χ2n) is 4.64. The highest BCUT2D eigenvalue weighted by molar-refractivity contribution is 6.33. The average molecular weight is 259 g/mol. The van der Waals surface area contributed by atoms with Gasteiger partial charge in [0.15, 0.2) is 0 Å². The van der Waals surface area contributed by atoms with Gasteiger partial charge >= 0.3 is 0 Å². The normalized spacial score (nSPS) is 10.6. The van der Waals surface area contributed by atoms with Crippen LogP contribution in [0.5, 0.6) is 0 Å². The van der Waals surface area contributed by atoms with Crippen LogP contribution in [0.25, 0.3) is 11.1 Å². The van der Waals surface area contributed by atoms with E-state index < -0.39 is 0 Å². The Balaban J connectivity index is 2.15. The molecule has 1 heteroatoms. The van der Waals surface area contributed by atoms with E-state index in [1.54, 1.807) is 0 Å². The van der Waals surface area contributed by atoms with E-state index in [9.17, 15) is 0 Å². The molecule has 0 nitrogen and oxygen atoms in total. The average Bonchev–Trinajstić information content (AvgIpc) is 2.40. The smallest absolute Gasteiger partial charge is 0.0487 e. The van der Waals surface area contributed by atoms with Gasteiger partial charge in [0, 0.05) is 10.6 Å². The fourth-order valence-electron chi connectivity index (χ4n) is 2.15. The molecule has 0 spiro atoms. The number of benzene rings is 2. The first-order valence-electron chi connectivity index (χ1n) is 6.65. The zero-order valence-electron chi connectivity index (χ0n) is 10.8. The van der Waals surface area contributed by atoms with Crippen LogP contribution in [-0.2, 0) is 6.42 Å². The zero-order chi connectivity index (χ0) is 12.8. The minimum Gasteiger partial charge on any atom is -0.0837 e. The van der Waals surface area contributed by atoms with E-state index in [1.165, 1.54) is 30.4 Å². The summed E-state index contributed by atoms with van der Waals surface area (Å²) in [4.78, 5) is 0. The van der Waals surface area contributed by atoms with Crippen molar-refractivity contribution in [3.63, 3.8) is 0 Å². The molecule has 0 unspecified atom stereocenters. The molecule has 0 aliphatic heterocycles. The van der Waals surface area contributed by atoms with Crippen LogP contribution in [0, 0.1) is 0 Å². The van der Waals surface area contributed by atoms with Crippen molar-refractivity contribution < 1.29 is 0 Å². The molecule has 0 amide bonds. The van der Waals surface area contributed by atoms with Crippen LogP contribution in [0.3, 0.4) is 0 Å². The standard InChI is InChI=1S/C17H19Cl/c1-2-3-5-8-14-11-12-16(17(18)13-14)15-9-6-4-7-10-15/h4,6-7,9-13H,2-3,5,8H2,1H3. The maximum Gasteiger partial charge on any atom is 0.0487 e. The Labute approximate surface area is 115 Å². The van der Waals surface area contributed by atoms with Gasteiger partial charge in [0.25, 0.3) is 0 Å². The van der Waals surface area contributed by atoms with E-state index in [1.807, 2.05) is 18.2 Å². The summed E-state index contributed by atoms with van der Waals surface area (Å²) >= 11 is 6.38. The highest BCUT2D eigenvalue weighted by Crippen LogP contribution is 2.28. The minimum atomic E-state index is 0.857. The number of hydrogen-bond acceptors (Lipinski definition) is 0. The third kappa shape index (κ3) is 3.36. The number of unbranched alkanes of at least 4 members (excludes halogenated alkanes) is 2. The Hall–Kier alpha value is -1.27. The van der Waals surface area contributed by atoms with Gasteiger partial charge in [-0.2, -0.15) is 0 Å². The summed E-state index contributed by atoms with van der Waals surface area (Å²) in [5.74, 6) is 0. The first-order valence-corrected chi connectivity index (χ1v) is 7.03. The lowest BCUT2D eigenvalue weighted by Crippen LogP contribution is -1.87. The van der Waals surface area contributed by atoms with Crippen molar-refractivity contribution in [2.45, 2.75) is 32.6 Å². The molecule has 2 aromatic rings. The second-order valence-corrected chi connectivity index (χ2v) is 5.04. The summed E-state index contributed by atoms with van der Waals surface area (Å²) in [5, 5.41) is 0.857. The van der Waals surface area contributed by atoms with Gasteiger partial charge in [-0.3, -0.25) is 0 Å². The highest BCUT2D eigenvalue weighted by atomic mass is 35.5. The number of halogens is 1. The van der Waals surface area contributed by atoms with Crippen LogP contribution >= 0.6 is 11.6 Å². The molecule has 18 heavy (non-hydrogen) atoms. The van der Waals surface area contributed by atoms with Crippen molar-refractivity contribution in [1.29, 1.82) is 0 Å². The van der Waals surface area contributed by atoms with Crippen LogP contribution in [0.2, 0.25) is 5.02 Å². The molecule has 0 aliphatic rings. The van der Waals surface area contributed by atoms with Crippen molar-refractivity contribution in [2.75, 3.05) is 0 Å². The van der Waals surface area contributed by atoms with Gasteiger partial charge in [-0.15, -0.1) is 0 Å². The summed E-state index contributed by atoms with van der Waals surface area (Å²) in [6, 6.07) is 16.7. The summed E-state index contributed by atoms with van der Waals surface area (Å²) in [5.41, 5.74) is 3.65. The fraction of sp³-hybridized carbons (Fsp3) is 0.294. The van der Waals surface area contributed by atoms with Gasteiger partial charge in [0.05, 0.1) is 0 Å². The van der Waals surface area contributed by atoms with E-state index in [0.29, 0.717) is 0 Å². The Morgan fingerprint density at radius 3 is 2.39 bits per heavy atom.